The lowest BCUT2D eigenvalue weighted by Crippen LogP contribution is -2.45. The van der Waals surface area contributed by atoms with E-state index in [2.05, 4.69) is 23.3 Å². The van der Waals surface area contributed by atoms with Gasteiger partial charge in [0.2, 0.25) is 5.91 Å². The number of hydrogen-bond donors (Lipinski definition) is 2. The molecule has 7 heteroatoms. The van der Waals surface area contributed by atoms with Crippen molar-refractivity contribution >= 4 is 28.3 Å². The monoisotopic (exact) mass is 544 g/mol. The van der Waals surface area contributed by atoms with Crippen LogP contribution in [0.15, 0.2) is 54.7 Å². The van der Waals surface area contributed by atoms with Crippen LogP contribution in [0.5, 0.6) is 5.75 Å². The van der Waals surface area contributed by atoms with E-state index in [0.717, 1.165) is 43.4 Å². The molecule has 1 aromatic heterocycles. The highest BCUT2D eigenvalue weighted by atomic mass is 32.1. The average molecular weight is 545 g/mol. The first-order valence-corrected chi connectivity index (χ1v) is 14.9. The summed E-state index contributed by atoms with van der Waals surface area (Å²) in [5.41, 5.74) is 3.08. The van der Waals surface area contributed by atoms with Crippen molar-refractivity contribution in [3.8, 4) is 5.75 Å². The first kappa shape index (κ1) is 26.2. The molecular formula is C32H36N2O4S. The Morgan fingerprint density at radius 1 is 1.18 bits per heavy atom. The van der Waals surface area contributed by atoms with Gasteiger partial charge in [-0.15, -0.1) is 11.3 Å². The first-order valence-electron chi connectivity index (χ1n) is 14.1. The van der Waals surface area contributed by atoms with E-state index in [4.69, 9.17) is 4.74 Å². The summed E-state index contributed by atoms with van der Waals surface area (Å²) < 4.78 is 5.70. The summed E-state index contributed by atoms with van der Waals surface area (Å²) in [5.74, 6) is 1.91. The van der Waals surface area contributed by atoms with Gasteiger partial charge in [0, 0.05) is 17.5 Å². The maximum absolute atomic E-state index is 12.7. The summed E-state index contributed by atoms with van der Waals surface area (Å²) in [6.07, 6.45) is 7.51. The molecule has 1 heterocycles. The fraction of sp³-hybridized carbons (Fsp3) is 0.469. The molecule has 6 nitrogen and oxygen atoms in total. The van der Waals surface area contributed by atoms with Crippen molar-refractivity contribution in [2.45, 2.75) is 70.8 Å². The second-order valence-electron chi connectivity index (χ2n) is 11.9. The Morgan fingerprint density at radius 2 is 2.00 bits per heavy atom. The van der Waals surface area contributed by atoms with Crippen LogP contribution < -0.4 is 10.1 Å². The molecule has 2 saturated carbocycles. The van der Waals surface area contributed by atoms with Crippen molar-refractivity contribution in [2.24, 2.45) is 23.2 Å². The maximum atomic E-state index is 12.7. The number of anilines is 1. The number of esters is 1. The van der Waals surface area contributed by atoms with Crippen molar-refractivity contribution in [1.29, 1.82) is 0 Å². The molecule has 6 atom stereocenters. The summed E-state index contributed by atoms with van der Waals surface area (Å²) in [5, 5.41) is 14.8. The first-order chi connectivity index (χ1) is 18.8. The van der Waals surface area contributed by atoms with Gasteiger partial charge in [0.15, 0.2) is 5.13 Å². The number of benzene rings is 2. The fourth-order valence-electron chi connectivity index (χ4n) is 7.83. The molecule has 1 amide bonds. The predicted molar refractivity (Wildman–Crippen MR) is 152 cm³/mol. The van der Waals surface area contributed by atoms with Gasteiger partial charge in [0.25, 0.3) is 0 Å². The number of carbonyl (C=O) groups is 2. The summed E-state index contributed by atoms with van der Waals surface area (Å²) in [7, 11) is 0. The summed E-state index contributed by atoms with van der Waals surface area (Å²) in [4.78, 5) is 30.6. The van der Waals surface area contributed by atoms with Gasteiger partial charge in [0.05, 0.1) is 11.7 Å². The Kier molecular flexibility index (Phi) is 7.06. The number of aryl methyl sites for hydroxylation is 2. The number of aliphatic hydroxyl groups is 1. The fourth-order valence-corrected chi connectivity index (χ4v) is 8.51. The van der Waals surface area contributed by atoms with Gasteiger partial charge < -0.3 is 15.2 Å². The molecule has 2 aromatic carbocycles. The smallest absolute Gasteiger partial charge is 0.343 e. The van der Waals surface area contributed by atoms with E-state index in [9.17, 15) is 14.7 Å². The molecule has 3 unspecified atom stereocenters. The molecule has 2 fully saturated rings. The number of hydrogen-bond acceptors (Lipinski definition) is 6. The molecule has 3 aromatic rings. The highest BCUT2D eigenvalue weighted by Crippen LogP contribution is 2.63. The van der Waals surface area contributed by atoms with Crippen LogP contribution in [0.4, 0.5) is 5.13 Å². The Morgan fingerprint density at radius 3 is 2.77 bits per heavy atom. The second-order valence-corrected chi connectivity index (χ2v) is 13.1. The number of ether oxygens (including phenoxy) is 1. The van der Waals surface area contributed by atoms with E-state index in [1.54, 1.807) is 18.3 Å². The summed E-state index contributed by atoms with van der Waals surface area (Å²) >= 11 is 1.49. The van der Waals surface area contributed by atoms with Crippen molar-refractivity contribution < 1.29 is 19.4 Å². The van der Waals surface area contributed by atoms with E-state index in [1.165, 1.54) is 22.5 Å². The Bertz CT molecular complexity index is 1370. The molecule has 0 bridgehead atoms. The molecule has 0 radical (unpaired) electrons. The van der Waals surface area contributed by atoms with Crippen molar-refractivity contribution in [3.05, 3.63) is 76.3 Å². The number of amides is 1. The summed E-state index contributed by atoms with van der Waals surface area (Å²) in [6, 6.07) is 15.2. The van der Waals surface area contributed by atoms with E-state index < -0.39 is 0 Å². The zero-order valence-electron chi connectivity index (χ0n) is 22.6. The van der Waals surface area contributed by atoms with E-state index >= 15 is 0 Å². The van der Waals surface area contributed by atoms with Gasteiger partial charge >= 0.3 is 5.97 Å². The number of thiazole rings is 1. The molecule has 0 spiro atoms. The Balaban J connectivity index is 1.16. The minimum atomic E-state index is -0.338. The van der Waals surface area contributed by atoms with Crippen molar-refractivity contribution in [2.75, 3.05) is 5.32 Å². The third-order valence-corrected chi connectivity index (χ3v) is 10.4. The normalized spacial score (nSPS) is 29.2. The minimum Gasteiger partial charge on any atom is -0.423 e. The number of fused-ring (bicyclic) bond motifs is 5. The number of rotatable bonds is 6. The largest absolute Gasteiger partial charge is 0.423 e. The lowest BCUT2D eigenvalue weighted by molar-refractivity contribution is -0.116. The maximum Gasteiger partial charge on any atom is 0.343 e. The molecule has 39 heavy (non-hydrogen) atoms. The quantitative estimate of drug-likeness (QED) is 0.272. The lowest BCUT2D eigenvalue weighted by atomic mass is 9.53. The van der Waals surface area contributed by atoms with E-state index in [1.807, 2.05) is 37.3 Å². The number of nitrogens with one attached hydrogen (secondary N) is 1. The Labute approximate surface area is 233 Å². The summed E-state index contributed by atoms with van der Waals surface area (Å²) in [6.45, 7) is 4.26. The SMILES string of the molecule is Cc1cnc(NC(=O)CC[C@@H]2C[C@H](O)[C@@]3(C)CCC4c5ccc(OC(=O)c6ccccc6)cc5CCC4C23)s1. The molecule has 3 aliphatic carbocycles. The number of aromatic nitrogens is 1. The molecular weight excluding hydrogens is 508 g/mol. The molecule has 6 rings (SSSR count). The lowest BCUT2D eigenvalue weighted by Gasteiger charge is -2.51. The van der Waals surface area contributed by atoms with Gasteiger partial charge in [-0.1, -0.05) is 31.2 Å². The van der Waals surface area contributed by atoms with Gasteiger partial charge in [-0.2, -0.15) is 0 Å². The topological polar surface area (TPSA) is 88.5 Å². The molecule has 3 aliphatic rings. The zero-order chi connectivity index (χ0) is 27.1. The number of carbonyl (C=O) groups excluding carboxylic acids is 2. The van der Waals surface area contributed by atoms with Crippen LogP contribution in [-0.4, -0.2) is 28.1 Å². The third-order valence-electron chi connectivity index (χ3n) is 9.62. The van der Waals surface area contributed by atoms with Crippen LogP contribution in [-0.2, 0) is 11.2 Å². The number of aliphatic hydroxyl groups excluding tert-OH is 1. The van der Waals surface area contributed by atoms with Crippen molar-refractivity contribution in [1.82, 2.24) is 4.98 Å². The molecule has 0 aliphatic heterocycles. The van der Waals surface area contributed by atoms with Crippen LogP contribution >= 0.6 is 11.3 Å². The highest BCUT2D eigenvalue weighted by Gasteiger charge is 2.58. The van der Waals surface area contributed by atoms with Crippen molar-refractivity contribution in [3.63, 3.8) is 0 Å². The predicted octanol–water partition coefficient (Wildman–Crippen LogP) is 6.53. The molecule has 0 saturated heterocycles. The highest BCUT2D eigenvalue weighted by molar-refractivity contribution is 7.15. The average Bonchev–Trinajstić information content (AvgIpc) is 3.46. The zero-order valence-corrected chi connectivity index (χ0v) is 23.4. The van der Waals surface area contributed by atoms with Gasteiger partial charge in [0.1, 0.15) is 5.75 Å². The Hall–Kier alpha value is -3.03. The van der Waals surface area contributed by atoms with Crippen LogP contribution in [0.25, 0.3) is 0 Å². The van der Waals surface area contributed by atoms with E-state index in [0.29, 0.717) is 46.5 Å². The van der Waals surface area contributed by atoms with Crippen LogP contribution in [0.2, 0.25) is 0 Å². The number of nitrogens with zero attached hydrogens (tertiary/aromatic N) is 1. The minimum absolute atomic E-state index is 0.00590. The van der Waals surface area contributed by atoms with Gasteiger partial charge in [-0.05, 0) is 110 Å². The third kappa shape index (κ3) is 5.03. The van der Waals surface area contributed by atoms with Crippen LogP contribution in [0.1, 0.15) is 77.7 Å². The molecule has 2 N–H and O–H groups in total. The van der Waals surface area contributed by atoms with Gasteiger partial charge in [-0.3, -0.25) is 4.79 Å². The van der Waals surface area contributed by atoms with Crippen LogP contribution in [0.3, 0.4) is 0 Å². The molecule has 204 valence electrons. The second kappa shape index (κ2) is 10.5. The standard InChI is InChI=1S/C32H36N2O4S/c1-19-18-33-31(39-19)34-28(36)13-9-22-17-27(35)32(2)15-14-25-24-12-10-23(16-21(24)8-11-26(25)29(22)32)38-30(37)20-6-4-3-5-7-20/h3-7,10,12,16,18,22,25-27,29,35H,8-9,11,13-15,17H2,1-2H3,(H,33,34,36)/t22-,25?,26?,27+,29?,32-/m1/s1. The van der Waals surface area contributed by atoms with Crippen LogP contribution in [0, 0.1) is 30.1 Å². The van der Waals surface area contributed by atoms with E-state index in [-0.39, 0.29) is 23.4 Å². The van der Waals surface area contributed by atoms with Gasteiger partial charge in [-0.25, -0.2) is 9.78 Å².